The largest absolute Gasteiger partial charge is 0.353 e. The minimum atomic E-state index is -0.434. The summed E-state index contributed by atoms with van der Waals surface area (Å²) in [6, 6.07) is 4.95. The third-order valence-electron chi connectivity index (χ3n) is 2.43. The van der Waals surface area contributed by atoms with Gasteiger partial charge in [-0.05, 0) is 39.0 Å². The second-order valence-electron chi connectivity index (χ2n) is 4.47. The molecule has 3 nitrogen and oxygen atoms in total. The predicted octanol–water partition coefficient (Wildman–Crippen LogP) is 3.79. The van der Waals surface area contributed by atoms with Crippen molar-refractivity contribution in [1.82, 2.24) is 9.55 Å². The summed E-state index contributed by atoms with van der Waals surface area (Å²) < 4.78 is 15.3. The van der Waals surface area contributed by atoms with Crippen LogP contribution in [0, 0.1) is 12.7 Å². The molecule has 0 spiro atoms. The van der Waals surface area contributed by atoms with Crippen molar-refractivity contribution in [1.29, 1.82) is 0 Å². The van der Waals surface area contributed by atoms with Crippen molar-refractivity contribution >= 4 is 17.5 Å². The van der Waals surface area contributed by atoms with Crippen LogP contribution in [0.1, 0.15) is 19.5 Å². The summed E-state index contributed by atoms with van der Waals surface area (Å²) in [5, 5.41) is 3.34. The fourth-order valence-electron chi connectivity index (χ4n) is 1.69. The number of benzene rings is 1. The number of aromatic nitrogens is 2. The molecule has 1 N–H and O–H groups in total. The zero-order valence-corrected chi connectivity index (χ0v) is 11.3. The Balaban J connectivity index is 2.45. The number of aryl methyl sites for hydroxylation is 1. The van der Waals surface area contributed by atoms with E-state index in [1.54, 1.807) is 12.1 Å². The van der Waals surface area contributed by atoms with Crippen molar-refractivity contribution in [2.45, 2.75) is 26.8 Å². The lowest BCUT2D eigenvalue weighted by Gasteiger charge is -2.12. The predicted molar refractivity (Wildman–Crippen MR) is 72.0 cm³/mol. The number of imidazole rings is 1. The lowest BCUT2D eigenvalue weighted by atomic mass is 10.3. The average Bonchev–Trinajstić information content (AvgIpc) is 2.62. The molecule has 2 rings (SSSR count). The summed E-state index contributed by atoms with van der Waals surface area (Å²) in [6.07, 6.45) is 1.85. The van der Waals surface area contributed by atoms with Gasteiger partial charge >= 0.3 is 0 Å². The number of hydrogen-bond donors (Lipinski definition) is 1. The Kier molecular flexibility index (Phi) is 3.57. The number of anilines is 1. The Morgan fingerprint density at radius 3 is 2.72 bits per heavy atom. The van der Waals surface area contributed by atoms with E-state index in [9.17, 15) is 4.39 Å². The van der Waals surface area contributed by atoms with Crippen LogP contribution in [-0.2, 0) is 0 Å². The molecule has 0 bridgehead atoms. The van der Waals surface area contributed by atoms with Gasteiger partial charge in [-0.1, -0.05) is 11.6 Å². The Bertz CT molecular complexity index is 563. The summed E-state index contributed by atoms with van der Waals surface area (Å²) in [7, 11) is 0. The van der Waals surface area contributed by atoms with E-state index >= 15 is 0 Å². The normalized spacial score (nSPS) is 11.0. The lowest BCUT2D eigenvalue weighted by Crippen LogP contribution is -2.14. The number of nitrogens with zero attached hydrogens (tertiary/aromatic N) is 2. The van der Waals surface area contributed by atoms with Gasteiger partial charge in [0.15, 0.2) is 0 Å². The second kappa shape index (κ2) is 4.98. The maximum atomic E-state index is 13.5. The molecule has 0 fully saturated rings. The van der Waals surface area contributed by atoms with Gasteiger partial charge in [-0.15, -0.1) is 0 Å². The molecular formula is C13H15ClFN3. The summed E-state index contributed by atoms with van der Waals surface area (Å²) in [5.74, 6) is 0.264. The molecule has 0 aliphatic carbocycles. The van der Waals surface area contributed by atoms with Crippen molar-refractivity contribution in [3.8, 4) is 5.69 Å². The molecule has 0 radical (unpaired) electrons. The highest BCUT2D eigenvalue weighted by Crippen LogP contribution is 2.22. The molecule has 0 atom stereocenters. The number of halogens is 2. The van der Waals surface area contributed by atoms with Gasteiger partial charge in [0.25, 0.3) is 0 Å². The molecule has 1 heterocycles. The molecule has 18 heavy (non-hydrogen) atoms. The van der Waals surface area contributed by atoms with Crippen LogP contribution in [0.3, 0.4) is 0 Å². The van der Waals surface area contributed by atoms with Crippen LogP contribution in [0.2, 0.25) is 5.02 Å². The molecule has 5 heteroatoms. The first-order valence-electron chi connectivity index (χ1n) is 5.75. The van der Waals surface area contributed by atoms with Crippen molar-refractivity contribution in [3.63, 3.8) is 0 Å². The van der Waals surface area contributed by atoms with Gasteiger partial charge in [0.05, 0.1) is 16.4 Å². The smallest absolute Gasteiger partial charge is 0.207 e. The zero-order valence-electron chi connectivity index (χ0n) is 10.5. The van der Waals surface area contributed by atoms with Crippen LogP contribution >= 0.6 is 11.6 Å². The van der Waals surface area contributed by atoms with Crippen molar-refractivity contribution in [3.05, 3.63) is 40.9 Å². The van der Waals surface area contributed by atoms with Gasteiger partial charge < -0.3 is 5.32 Å². The Labute approximate surface area is 111 Å². The second-order valence-corrected chi connectivity index (χ2v) is 4.88. The molecule has 1 aromatic carbocycles. The monoisotopic (exact) mass is 267 g/mol. The van der Waals surface area contributed by atoms with Crippen molar-refractivity contribution in [2.24, 2.45) is 0 Å². The molecule has 0 unspecified atom stereocenters. The first-order valence-corrected chi connectivity index (χ1v) is 6.13. The van der Waals surface area contributed by atoms with Gasteiger partial charge in [-0.25, -0.2) is 9.37 Å². The maximum Gasteiger partial charge on any atom is 0.207 e. The van der Waals surface area contributed by atoms with Crippen LogP contribution in [0.25, 0.3) is 5.69 Å². The van der Waals surface area contributed by atoms with E-state index in [0.717, 1.165) is 5.69 Å². The fourth-order valence-corrected chi connectivity index (χ4v) is 1.81. The van der Waals surface area contributed by atoms with Crippen LogP contribution in [-0.4, -0.2) is 15.6 Å². The topological polar surface area (TPSA) is 29.9 Å². The van der Waals surface area contributed by atoms with Crippen LogP contribution in [0.5, 0.6) is 0 Å². The Hall–Kier alpha value is -1.55. The first kappa shape index (κ1) is 12.9. The van der Waals surface area contributed by atoms with Crippen LogP contribution < -0.4 is 5.32 Å². The number of hydrogen-bond acceptors (Lipinski definition) is 2. The minimum Gasteiger partial charge on any atom is -0.353 e. The van der Waals surface area contributed by atoms with Gasteiger partial charge in [0.2, 0.25) is 5.95 Å². The number of rotatable bonds is 3. The van der Waals surface area contributed by atoms with E-state index in [1.807, 2.05) is 31.5 Å². The Morgan fingerprint density at radius 1 is 1.39 bits per heavy atom. The standard InChI is InChI=1S/C13H15ClFN3/c1-8(2)16-13-17-9(3)7-18(13)10-4-5-11(14)12(15)6-10/h4-8H,1-3H3,(H,16,17). The van der Waals surface area contributed by atoms with E-state index in [0.29, 0.717) is 11.6 Å². The molecule has 0 aliphatic heterocycles. The maximum absolute atomic E-state index is 13.5. The molecule has 0 aliphatic rings. The minimum absolute atomic E-state index is 0.119. The molecule has 0 saturated heterocycles. The average molecular weight is 268 g/mol. The molecular weight excluding hydrogens is 253 g/mol. The highest BCUT2D eigenvalue weighted by atomic mass is 35.5. The summed E-state index contributed by atoms with van der Waals surface area (Å²) in [5.41, 5.74) is 1.56. The quantitative estimate of drug-likeness (QED) is 0.917. The summed E-state index contributed by atoms with van der Waals surface area (Å²) in [4.78, 5) is 4.38. The van der Waals surface area contributed by atoms with Crippen molar-refractivity contribution in [2.75, 3.05) is 5.32 Å². The highest BCUT2D eigenvalue weighted by Gasteiger charge is 2.10. The summed E-state index contributed by atoms with van der Waals surface area (Å²) >= 11 is 5.68. The highest BCUT2D eigenvalue weighted by molar-refractivity contribution is 6.30. The molecule has 0 amide bonds. The van der Waals surface area contributed by atoms with Gasteiger partial charge in [-0.2, -0.15) is 0 Å². The van der Waals surface area contributed by atoms with Crippen molar-refractivity contribution < 1.29 is 4.39 Å². The summed E-state index contributed by atoms with van der Waals surface area (Å²) in [6.45, 7) is 5.95. The SMILES string of the molecule is Cc1cn(-c2ccc(Cl)c(F)c2)c(NC(C)C)n1. The molecule has 1 aromatic heterocycles. The van der Waals surface area contributed by atoms with E-state index in [2.05, 4.69) is 10.3 Å². The van der Waals surface area contributed by atoms with Gasteiger partial charge in [0, 0.05) is 12.2 Å². The van der Waals surface area contributed by atoms with Crippen LogP contribution in [0.15, 0.2) is 24.4 Å². The molecule has 0 saturated carbocycles. The van der Waals surface area contributed by atoms with E-state index in [4.69, 9.17) is 11.6 Å². The third kappa shape index (κ3) is 2.64. The zero-order chi connectivity index (χ0) is 13.3. The Morgan fingerprint density at radius 2 is 2.11 bits per heavy atom. The lowest BCUT2D eigenvalue weighted by molar-refractivity contribution is 0.627. The molecule has 2 aromatic rings. The molecule has 96 valence electrons. The van der Waals surface area contributed by atoms with E-state index < -0.39 is 5.82 Å². The van der Waals surface area contributed by atoms with Gasteiger partial charge in [-0.3, -0.25) is 4.57 Å². The van der Waals surface area contributed by atoms with Crippen LogP contribution in [0.4, 0.5) is 10.3 Å². The van der Waals surface area contributed by atoms with Gasteiger partial charge in [0.1, 0.15) is 5.82 Å². The van der Waals surface area contributed by atoms with E-state index in [1.165, 1.54) is 6.07 Å². The fraction of sp³-hybridized carbons (Fsp3) is 0.308. The third-order valence-corrected chi connectivity index (χ3v) is 2.73. The number of nitrogens with one attached hydrogen (secondary N) is 1. The first-order chi connectivity index (χ1) is 8.47. The van der Waals surface area contributed by atoms with E-state index in [-0.39, 0.29) is 11.1 Å².